The van der Waals surface area contributed by atoms with Crippen LogP contribution in [-0.4, -0.2) is 37.9 Å². The van der Waals surface area contributed by atoms with Crippen molar-refractivity contribution in [3.63, 3.8) is 0 Å². The van der Waals surface area contributed by atoms with Crippen LogP contribution < -0.4 is 4.31 Å². The highest BCUT2D eigenvalue weighted by molar-refractivity contribution is 7.93. The number of methoxy groups -OCH3 is 1. The zero-order valence-corrected chi connectivity index (χ0v) is 16.5. The second-order valence-electron chi connectivity index (χ2n) is 5.97. The second kappa shape index (κ2) is 8.22. The molecular weight excluding hydrogens is 406 g/mol. The third kappa shape index (κ3) is 4.32. The van der Waals surface area contributed by atoms with Gasteiger partial charge in [0.05, 0.1) is 33.1 Å². The molecule has 154 valence electrons. The van der Waals surface area contributed by atoms with Crippen LogP contribution >= 0.6 is 0 Å². The van der Waals surface area contributed by atoms with Gasteiger partial charge in [-0.3, -0.25) is 29.3 Å². The highest BCUT2D eigenvalue weighted by atomic mass is 32.2. The van der Waals surface area contributed by atoms with Crippen molar-refractivity contribution in [3.8, 4) is 0 Å². The van der Waals surface area contributed by atoms with E-state index in [2.05, 4.69) is 4.74 Å². The maximum atomic E-state index is 13.3. The summed E-state index contributed by atoms with van der Waals surface area (Å²) in [5.74, 6) is -0.914. The molecule has 2 aromatic rings. The van der Waals surface area contributed by atoms with Crippen molar-refractivity contribution < 1.29 is 27.8 Å². The van der Waals surface area contributed by atoms with Gasteiger partial charge in [-0.1, -0.05) is 12.1 Å². The fourth-order valence-electron chi connectivity index (χ4n) is 2.66. The van der Waals surface area contributed by atoms with E-state index in [9.17, 15) is 33.4 Å². The molecule has 11 nitrogen and oxygen atoms in total. The number of benzene rings is 2. The van der Waals surface area contributed by atoms with Gasteiger partial charge in [-0.2, -0.15) is 0 Å². The van der Waals surface area contributed by atoms with Gasteiger partial charge >= 0.3 is 5.97 Å². The first kappa shape index (κ1) is 21.8. The summed E-state index contributed by atoms with van der Waals surface area (Å²) in [6.07, 6.45) is 0. The molecule has 0 heterocycles. The Hall–Kier alpha value is -3.54. The van der Waals surface area contributed by atoms with Crippen LogP contribution in [0.3, 0.4) is 0 Å². The lowest BCUT2D eigenvalue weighted by atomic mass is 10.1. The van der Waals surface area contributed by atoms with Crippen molar-refractivity contribution in [2.24, 2.45) is 0 Å². The van der Waals surface area contributed by atoms with E-state index in [1.807, 2.05) is 0 Å². The largest absolute Gasteiger partial charge is 0.468 e. The number of anilines is 1. The number of hydrogen-bond donors (Lipinski definition) is 0. The predicted molar refractivity (Wildman–Crippen MR) is 102 cm³/mol. The Morgan fingerprint density at radius 2 is 1.76 bits per heavy atom. The van der Waals surface area contributed by atoms with Crippen molar-refractivity contribution in [1.82, 2.24) is 0 Å². The molecule has 0 spiro atoms. The zero-order valence-electron chi connectivity index (χ0n) is 15.7. The van der Waals surface area contributed by atoms with Gasteiger partial charge in [0, 0.05) is 18.2 Å². The Morgan fingerprint density at radius 1 is 1.10 bits per heavy atom. The molecule has 0 saturated heterocycles. The topological polar surface area (TPSA) is 150 Å². The number of carbonyl (C=O) groups excluding carboxylic acids is 1. The van der Waals surface area contributed by atoms with Crippen LogP contribution in [-0.2, 0) is 19.6 Å². The Morgan fingerprint density at radius 3 is 2.31 bits per heavy atom. The molecule has 0 bridgehead atoms. The second-order valence-corrected chi connectivity index (χ2v) is 7.80. The molecule has 0 unspecified atom stereocenters. The van der Waals surface area contributed by atoms with Crippen LogP contribution in [0.25, 0.3) is 0 Å². The van der Waals surface area contributed by atoms with Crippen LogP contribution in [0, 0.1) is 34.1 Å². The molecule has 0 aromatic heterocycles. The average Bonchev–Trinajstić information content (AvgIpc) is 2.66. The summed E-state index contributed by atoms with van der Waals surface area (Å²) in [7, 11) is -3.44. The van der Waals surface area contributed by atoms with E-state index in [1.54, 1.807) is 0 Å². The van der Waals surface area contributed by atoms with Crippen LogP contribution in [0.15, 0.2) is 41.3 Å². The van der Waals surface area contributed by atoms with Crippen LogP contribution in [0.4, 0.5) is 17.1 Å². The summed E-state index contributed by atoms with van der Waals surface area (Å²) in [6, 6.07) is 7.07. The van der Waals surface area contributed by atoms with Crippen LogP contribution in [0.2, 0.25) is 0 Å². The van der Waals surface area contributed by atoms with Crippen molar-refractivity contribution in [3.05, 3.63) is 67.8 Å². The molecule has 29 heavy (non-hydrogen) atoms. The first-order valence-corrected chi connectivity index (χ1v) is 9.53. The predicted octanol–water partition coefficient (Wildman–Crippen LogP) is 2.49. The third-order valence-electron chi connectivity index (χ3n) is 4.19. The maximum absolute atomic E-state index is 13.3. The molecule has 0 amide bonds. The van der Waals surface area contributed by atoms with E-state index in [0.717, 1.165) is 19.2 Å². The average molecular weight is 423 g/mol. The number of esters is 1. The molecule has 2 rings (SSSR count). The normalized spacial score (nSPS) is 11.0. The molecule has 0 fully saturated rings. The fourth-order valence-corrected chi connectivity index (χ4v) is 4.37. The van der Waals surface area contributed by atoms with E-state index in [4.69, 9.17) is 0 Å². The highest BCUT2D eigenvalue weighted by Crippen LogP contribution is 2.33. The minimum atomic E-state index is -4.51. The number of nitrogens with zero attached hydrogens (tertiary/aromatic N) is 3. The van der Waals surface area contributed by atoms with Gasteiger partial charge in [-0.25, -0.2) is 8.42 Å². The number of nitro groups is 2. The number of sulfonamides is 1. The molecule has 0 atom stereocenters. The molecule has 0 N–H and O–H groups in total. The summed E-state index contributed by atoms with van der Waals surface area (Å²) in [4.78, 5) is 32.4. The summed E-state index contributed by atoms with van der Waals surface area (Å²) in [6.45, 7) is 2.00. The van der Waals surface area contributed by atoms with E-state index < -0.39 is 43.0 Å². The maximum Gasteiger partial charge on any atom is 0.326 e. The summed E-state index contributed by atoms with van der Waals surface area (Å²) < 4.78 is 31.9. The number of carbonyl (C=O) groups is 1. The minimum absolute atomic E-state index is 0.00746. The van der Waals surface area contributed by atoms with Crippen LogP contribution in [0.1, 0.15) is 11.1 Å². The van der Waals surface area contributed by atoms with E-state index in [0.29, 0.717) is 4.31 Å². The van der Waals surface area contributed by atoms with Gasteiger partial charge in [-0.15, -0.1) is 0 Å². The van der Waals surface area contributed by atoms with Gasteiger partial charge in [0.1, 0.15) is 6.54 Å². The first-order chi connectivity index (χ1) is 13.5. The molecule has 0 aliphatic carbocycles. The van der Waals surface area contributed by atoms with Crippen molar-refractivity contribution in [2.75, 3.05) is 18.0 Å². The number of ether oxygens (including phenoxy) is 1. The van der Waals surface area contributed by atoms with E-state index in [1.165, 1.54) is 38.1 Å². The molecular formula is C17H17N3O8S. The molecule has 0 saturated carbocycles. The van der Waals surface area contributed by atoms with E-state index >= 15 is 0 Å². The Balaban J connectivity index is 2.76. The SMILES string of the molecule is COC(=O)CN(c1cccc([N+](=O)[O-])c1C)S(=O)(=O)c1cc([N+](=O)[O-])ccc1C. The zero-order chi connectivity index (χ0) is 21.9. The number of non-ortho nitro benzene ring substituents is 1. The van der Waals surface area contributed by atoms with Crippen LogP contribution in [0.5, 0.6) is 0 Å². The lowest BCUT2D eigenvalue weighted by Crippen LogP contribution is -2.37. The molecule has 0 aliphatic rings. The van der Waals surface area contributed by atoms with Gasteiger partial charge < -0.3 is 4.74 Å². The number of nitro benzene ring substituents is 2. The smallest absolute Gasteiger partial charge is 0.326 e. The van der Waals surface area contributed by atoms with Crippen molar-refractivity contribution in [1.29, 1.82) is 0 Å². The van der Waals surface area contributed by atoms with Gasteiger partial charge in [0.2, 0.25) is 0 Å². The summed E-state index contributed by atoms with van der Waals surface area (Å²) >= 11 is 0. The lowest BCUT2D eigenvalue weighted by Gasteiger charge is -2.25. The summed E-state index contributed by atoms with van der Waals surface area (Å²) in [5, 5.41) is 22.3. The van der Waals surface area contributed by atoms with Gasteiger partial charge in [0.25, 0.3) is 21.4 Å². The molecule has 12 heteroatoms. The first-order valence-electron chi connectivity index (χ1n) is 8.09. The van der Waals surface area contributed by atoms with Crippen molar-refractivity contribution in [2.45, 2.75) is 18.7 Å². The Labute approximate surface area is 165 Å². The van der Waals surface area contributed by atoms with Gasteiger partial charge in [0.15, 0.2) is 0 Å². The third-order valence-corrected chi connectivity index (χ3v) is 6.09. The number of aryl methyl sites for hydroxylation is 1. The molecule has 0 aliphatic heterocycles. The summed E-state index contributed by atoms with van der Waals surface area (Å²) in [5.41, 5.74) is -0.705. The standard InChI is InChI=1S/C17H17N3O8S/c1-11-7-8-13(19(22)23)9-16(11)29(26,27)18(10-17(21)28-3)14-5-4-6-15(12(14)2)20(24)25/h4-9H,10H2,1-3H3. The van der Waals surface area contributed by atoms with Gasteiger partial charge in [-0.05, 0) is 25.5 Å². The minimum Gasteiger partial charge on any atom is -0.468 e. The highest BCUT2D eigenvalue weighted by Gasteiger charge is 2.32. The lowest BCUT2D eigenvalue weighted by molar-refractivity contribution is -0.385. The number of hydrogen-bond acceptors (Lipinski definition) is 8. The van der Waals surface area contributed by atoms with Crippen molar-refractivity contribution >= 4 is 33.1 Å². The quantitative estimate of drug-likeness (QED) is 0.374. The Kier molecular flexibility index (Phi) is 6.17. The molecule has 0 radical (unpaired) electrons. The Bertz CT molecular complexity index is 1100. The monoisotopic (exact) mass is 423 g/mol. The molecule has 2 aromatic carbocycles. The van der Waals surface area contributed by atoms with E-state index in [-0.39, 0.29) is 22.5 Å². The number of rotatable bonds is 7. The fraction of sp³-hybridized carbons (Fsp3) is 0.235.